The molecule has 2 aliphatic carbocycles. The molecule has 25 heavy (non-hydrogen) atoms. The molecule has 0 radical (unpaired) electrons. The standard InChI is InChI=1S/C21H38O2Si2/c1-15(2)17-13-18-16(3)19(22-24(5,6)7)11-12-21(18,4)20(14-17)23-25(8,9)10/h11,14,16-18H,1,12-13H2,2-10H3/t16-,17+,18-,21+/m0/s1. The van der Waals surface area contributed by atoms with E-state index >= 15 is 0 Å². The largest absolute Gasteiger partial charge is 0.547 e. The number of hydrogen-bond donors (Lipinski definition) is 0. The van der Waals surface area contributed by atoms with E-state index < -0.39 is 16.6 Å². The number of rotatable bonds is 5. The first-order valence-corrected chi connectivity index (χ1v) is 16.5. The van der Waals surface area contributed by atoms with Crippen LogP contribution in [-0.4, -0.2) is 16.6 Å². The third-order valence-electron chi connectivity index (χ3n) is 5.49. The molecule has 0 N–H and O–H groups in total. The highest BCUT2D eigenvalue weighted by atomic mass is 28.4. The van der Waals surface area contributed by atoms with Gasteiger partial charge >= 0.3 is 0 Å². The normalized spacial score (nSPS) is 33.1. The smallest absolute Gasteiger partial charge is 0.241 e. The lowest BCUT2D eigenvalue weighted by Gasteiger charge is -2.51. The summed E-state index contributed by atoms with van der Waals surface area (Å²) in [6, 6.07) is 0. The number of fused-ring (bicyclic) bond motifs is 1. The van der Waals surface area contributed by atoms with Crippen LogP contribution in [0.4, 0.5) is 0 Å². The van der Waals surface area contributed by atoms with E-state index in [4.69, 9.17) is 8.85 Å². The van der Waals surface area contributed by atoms with Crippen LogP contribution in [0.2, 0.25) is 39.3 Å². The summed E-state index contributed by atoms with van der Waals surface area (Å²) in [4.78, 5) is 0. The van der Waals surface area contributed by atoms with E-state index in [0.717, 1.165) is 12.8 Å². The van der Waals surface area contributed by atoms with Crippen LogP contribution >= 0.6 is 0 Å². The molecule has 0 bridgehead atoms. The molecule has 0 aromatic rings. The van der Waals surface area contributed by atoms with Gasteiger partial charge in [0.05, 0.1) is 11.5 Å². The fraction of sp³-hybridized carbons (Fsp3) is 0.714. The van der Waals surface area contributed by atoms with Gasteiger partial charge < -0.3 is 8.85 Å². The molecule has 0 aromatic carbocycles. The predicted octanol–water partition coefficient (Wildman–Crippen LogP) is 6.72. The molecule has 0 aromatic heterocycles. The van der Waals surface area contributed by atoms with E-state index in [9.17, 15) is 0 Å². The lowest BCUT2D eigenvalue weighted by molar-refractivity contribution is 0.0675. The molecule has 4 atom stereocenters. The van der Waals surface area contributed by atoms with Crippen molar-refractivity contribution < 1.29 is 8.85 Å². The topological polar surface area (TPSA) is 18.5 Å². The second-order valence-corrected chi connectivity index (χ2v) is 19.1. The summed E-state index contributed by atoms with van der Waals surface area (Å²) in [5.74, 6) is 3.82. The van der Waals surface area contributed by atoms with Crippen LogP contribution in [0.1, 0.15) is 33.6 Å². The number of hydrogen-bond acceptors (Lipinski definition) is 2. The molecule has 4 heteroatoms. The fourth-order valence-electron chi connectivity index (χ4n) is 4.17. The van der Waals surface area contributed by atoms with E-state index in [0.29, 0.717) is 17.8 Å². The Kier molecular flexibility index (Phi) is 5.57. The Bertz CT molecular complexity index is 592. The van der Waals surface area contributed by atoms with Crippen LogP contribution in [0.3, 0.4) is 0 Å². The van der Waals surface area contributed by atoms with Gasteiger partial charge in [0.1, 0.15) is 0 Å². The van der Waals surface area contributed by atoms with Crippen molar-refractivity contribution in [3.8, 4) is 0 Å². The van der Waals surface area contributed by atoms with Crippen molar-refractivity contribution in [2.75, 3.05) is 0 Å². The molecular formula is C21H38O2Si2. The quantitative estimate of drug-likeness (QED) is 0.390. The average Bonchev–Trinajstić information content (AvgIpc) is 2.41. The molecule has 0 aliphatic heterocycles. The van der Waals surface area contributed by atoms with Gasteiger partial charge in [0, 0.05) is 17.3 Å². The minimum absolute atomic E-state index is 0.0813. The van der Waals surface area contributed by atoms with Crippen LogP contribution < -0.4 is 0 Å². The van der Waals surface area contributed by atoms with E-state index in [2.05, 4.69) is 78.8 Å². The van der Waals surface area contributed by atoms with Crippen molar-refractivity contribution in [2.24, 2.45) is 23.2 Å². The minimum atomic E-state index is -1.65. The summed E-state index contributed by atoms with van der Waals surface area (Å²) in [5.41, 5.74) is 1.32. The van der Waals surface area contributed by atoms with Gasteiger partial charge in [-0.2, -0.15) is 0 Å². The van der Waals surface area contributed by atoms with E-state index in [1.807, 2.05) is 0 Å². The Hall–Kier alpha value is -0.746. The Morgan fingerprint density at radius 3 is 2.16 bits per heavy atom. The highest BCUT2D eigenvalue weighted by Gasteiger charge is 2.49. The highest BCUT2D eigenvalue weighted by molar-refractivity contribution is 6.70. The van der Waals surface area contributed by atoms with Gasteiger partial charge in [-0.05, 0) is 77.1 Å². The Morgan fingerprint density at radius 1 is 1.12 bits per heavy atom. The lowest BCUT2D eigenvalue weighted by Crippen LogP contribution is -2.45. The fourth-order valence-corrected chi connectivity index (χ4v) is 6.11. The second kappa shape index (κ2) is 6.77. The molecular weight excluding hydrogens is 340 g/mol. The molecule has 2 rings (SSSR count). The molecule has 2 nitrogen and oxygen atoms in total. The van der Waals surface area contributed by atoms with Crippen LogP contribution in [0.5, 0.6) is 0 Å². The van der Waals surface area contributed by atoms with Gasteiger partial charge in [0.15, 0.2) is 0 Å². The highest BCUT2D eigenvalue weighted by Crippen LogP contribution is 2.55. The van der Waals surface area contributed by atoms with Crippen LogP contribution in [0, 0.1) is 23.2 Å². The van der Waals surface area contributed by atoms with E-state index in [1.54, 1.807) is 0 Å². The number of allylic oxidation sites excluding steroid dienone is 5. The van der Waals surface area contributed by atoms with Crippen molar-refractivity contribution in [1.82, 2.24) is 0 Å². The second-order valence-electron chi connectivity index (χ2n) is 10.3. The Balaban J connectivity index is 2.42. The van der Waals surface area contributed by atoms with E-state index in [1.165, 1.54) is 17.1 Å². The molecule has 0 saturated carbocycles. The van der Waals surface area contributed by atoms with Gasteiger partial charge in [0.25, 0.3) is 0 Å². The SMILES string of the molecule is C=C(C)[C@H]1C=C(O[Si](C)(C)C)[C@]2(C)CC=C(O[Si](C)(C)C)[C@@H](C)[C@@H]2C1. The van der Waals surface area contributed by atoms with Gasteiger partial charge in [-0.3, -0.25) is 0 Å². The average molecular weight is 379 g/mol. The van der Waals surface area contributed by atoms with Crippen molar-refractivity contribution >= 4 is 16.6 Å². The zero-order valence-electron chi connectivity index (χ0n) is 17.8. The first kappa shape index (κ1) is 20.6. The summed E-state index contributed by atoms with van der Waals surface area (Å²) in [6.45, 7) is 24.8. The zero-order valence-corrected chi connectivity index (χ0v) is 19.8. The molecule has 142 valence electrons. The maximum atomic E-state index is 6.61. The van der Waals surface area contributed by atoms with Gasteiger partial charge in [0.2, 0.25) is 16.6 Å². The first-order chi connectivity index (χ1) is 11.2. The van der Waals surface area contributed by atoms with Gasteiger partial charge in [-0.15, -0.1) is 0 Å². The van der Waals surface area contributed by atoms with Crippen LogP contribution in [-0.2, 0) is 8.85 Å². The maximum absolute atomic E-state index is 6.61. The summed E-state index contributed by atoms with van der Waals surface area (Å²) in [7, 11) is -3.24. The van der Waals surface area contributed by atoms with Gasteiger partial charge in [-0.1, -0.05) is 26.0 Å². The van der Waals surface area contributed by atoms with Crippen molar-refractivity contribution in [3.63, 3.8) is 0 Å². The predicted molar refractivity (Wildman–Crippen MR) is 113 cm³/mol. The maximum Gasteiger partial charge on any atom is 0.241 e. The minimum Gasteiger partial charge on any atom is -0.547 e. The summed E-state index contributed by atoms with van der Waals surface area (Å²) < 4.78 is 13.1. The van der Waals surface area contributed by atoms with E-state index in [-0.39, 0.29) is 5.41 Å². The Morgan fingerprint density at radius 2 is 1.68 bits per heavy atom. The van der Waals surface area contributed by atoms with Crippen molar-refractivity contribution in [1.29, 1.82) is 0 Å². The lowest BCUT2D eigenvalue weighted by atomic mass is 9.58. The molecule has 0 amide bonds. The molecule has 0 spiro atoms. The van der Waals surface area contributed by atoms with Crippen molar-refractivity contribution in [3.05, 3.63) is 35.8 Å². The van der Waals surface area contributed by atoms with Crippen LogP contribution in [0.15, 0.2) is 35.8 Å². The first-order valence-electron chi connectivity index (χ1n) is 9.69. The van der Waals surface area contributed by atoms with Crippen LogP contribution in [0.25, 0.3) is 0 Å². The monoisotopic (exact) mass is 378 g/mol. The third-order valence-corrected chi connectivity index (χ3v) is 7.17. The summed E-state index contributed by atoms with van der Waals surface area (Å²) in [6.07, 6.45) is 6.89. The van der Waals surface area contributed by atoms with Gasteiger partial charge in [-0.25, -0.2) is 0 Å². The summed E-state index contributed by atoms with van der Waals surface area (Å²) >= 11 is 0. The van der Waals surface area contributed by atoms with Crippen molar-refractivity contribution in [2.45, 2.75) is 72.9 Å². The zero-order chi connectivity index (χ0) is 19.2. The molecule has 0 fully saturated rings. The Labute approximate surface area is 157 Å². The molecule has 0 unspecified atom stereocenters. The summed E-state index contributed by atoms with van der Waals surface area (Å²) in [5, 5.41) is 0. The molecule has 2 aliphatic rings. The molecule has 0 heterocycles. The molecule has 0 saturated heterocycles. The third kappa shape index (κ3) is 4.70.